The molecule has 2 aromatic heterocycles. The molecule has 0 saturated heterocycles. The molecule has 1 amide bonds. The zero-order chi connectivity index (χ0) is 18.7. The number of aromatic nitrogens is 1. The van der Waals surface area contributed by atoms with Gasteiger partial charge in [0.1, 0.15) is 4.92 Å². The van der Waals surface area contributed by atoms with E-state index in [0.29, 0.717) is 24.6 Å². The van der Waals surface area contributed by atoms with Crippen LogP contribution in [0.1, 0.15) is 23.0 Å². The molecular formula is C17H17N3O5S. The summed E-state index contributed by atoms with van der Waals surface area (Å²) < 4.78 is 13.3. The molecule has 0 aliphatic carbocycles. The molecule has 1 aromatic carbocycles. The molecule has 0 fully saturated rings. The van der Waals surface area contributed by atoms with Gasteiger partial charge in [-0.1, -0.05) is 23.5 Å². The zero-order valence-electron chi connectivity index (χ0n) is 14.3. The fourth-order valence-electron chi connectivity index (χ4n) is 2.58. The smallest absolute Gasteiger partial charge is 0.395 e. The number of amides is 1. The summed E-state index contributed by atoms with van der Waals surface area (Å²) in [5, 5.41) is 10.7. The lowest BCUT2D eigenvalue weighted by molar-refractivity contribution is -0.402. The van der Waals surface area contributed by atoms with Crippen molar-refractivity contribution in [3.05, 3.63) is 56.6 Å². The second-order valence-electron chi connectivity index (χ2n) is 5.47. The minimum atomic E-state index is -0.693. The van der Waals surface area contributed by atoms with Crippen molar-refractivity contribution in [3.8, 4) is 0 Å². The normalized spacial score (nSPS) is 12.0. The van der Waals surface area contributed by atoms with E-state index in [-0.39, 0.29) is 5.76 Å². The van der Waals surface area contributed by atoms with Crippen molar-refractivity contribution >= 4 is 33.3 Å². The molecule has 0 saturated carbocycles. The summed E-state index contributed by atoms with van der Waals surface area (Å²) in [5.41, 5.74) is 2.06. The van der Waals surface area contributed by atoms with Crippen LogP contribution in [0.3, 0.4) is 0 Å². The fourth-order valence-corrected chi connectivity index (χ4v) is 3.72. The lowest BCUT2D eigenvalue weighted by atomic mass is 10.2. The van der Waals surface area contributed by atoms with Gasteiger partial charge in [-0.15, -0.1) is 0 Å². The molecule has 0 atom stereocenters. The Balaban J connectivity index is 2.05. The van der Waals surface area contributed by atoms with Crippen molar-refractivity contribution in [2.45, 2.75) is 20.4 Å². The number of carbonyl (C=O) groups excluding carboxylic acids is 1. The van der Waals surface area contributed by atoms with Crippen LogP contribution in [0.4, 0.5) is 5.88 Å². The van der Waals surface area contributed by atoms with Gasteiger partial charge in [-0.3, -0.25) is 14.9 Å². The molecule has 0 aliphatic rings. The molecule has 26 heavy (non-hydrogen) atoms. The van der Waals surface area contributed by atoms with Crippen molar-refractivity contribution in [2.24, 2.45) is 4.99 Å². The van der Waals surface area contributed by atoms with Gasteiger partial charge >= 0.3 is 11.8 Å². The molecule has 0 radical (unpaired) electrons. The van der Waals surface area contributed by atoms with Crippen molar-refractivity contribution in [1.82, 2.24) is 4.57 Å². The van der Waals surface area contributed by atoms with Crippen molar-refractivity contribution in [2.75, 3.05) is 13.2 Å². The predicted molar refractivity (Wildman–Crippen MR) is 96.3 cm³/mol. The van der Waals surface area contributed by atoms with Gasteiger partial charge in [-0.2, -0.15) is 4.99 Å². The Morgan fingerprint density at radius 3 is 2.88 bits per heavy atom. The van der Waals surface area contributed by atoms with Crippen LogP contribution in [0.25, 0.3) is 10.2 Å². The summed E-state index contributed by atoms with van der Waals surface area (Å²) >= 11 is 1.38. The summed E-state index contributed by atoms with van der Waals surface area (Å²) in [6.07, 6.45) is 0. The SMILES string of the molecule is CCOCCn1c(=NC(=O)c2ccc([N+](=O)[O-])o2)sc2cccc(C)c21. The summed E-state index contributed by atoms with van der Waals surface area (Å²) in [6, 6.07) is 8.30. The first-order chi connectivity index (χ1) is 12.5. The number of nitro groups is 1. The second-order valence-corrected chi connectivity index (χ2v) is 6.48. The number of thiazole rings is 1. The van der Waals surface area contributed by atoms with Crippen LogP contribution in [0.2, 0.25) is 0 Å². The number of benzene rings is 1. The van der Waals surface area contributed by atoms with Gasteiger partial charge in [0, 0.05) is 13.2 Å². The van der Waals surface area contributed by atoms with E-state index in [2.05, 4.69) is 4.99 Å². The Hall–Kier alpha value is -2.78. The molecule has 3 aromatic rings. The average molecular weight is 375 g/mol. The van der Waals surface area contributed by atoms with Crippen LogP contribution >= 0.6 is 11.3 Å². The molecule has 0 N–H and O–H groups in total. The van der Waals surface area contributed by atoms with E-state index in [1.54, 1.807) is 0 Å². The maximum Gasteiger partial charge on any atom is 0.433 e. The van der Waals surface area contributed by atoms with Gasteiger partial charge in [0.25, 0.3) is 0 Å². The highest BCUT2D eigenvalue weighted by atomic mass is 32.1. The summed E-state index contributed by atoms with van der Waals surface area (Å²) in [5.74, 6) is -1.31. The Labute approximate surface area is 152 Å². The third-order valence-electron chi connectivity index (χ3n) is 3.75. The van der Waals surface area contributed by atoms with Crippen molar-refractivity contribution in [3.63, 3.8) is 0 Å². The molecule has 2 heterocycles. The number of rotatable bonds is 6. The number of ether oxygens (including phenoxy) is 1. The van der Waals surface area contributed by atoms with E-state index in [1.165, 1.54) is 17.4 Å². The number of nitrogens with zero attached hydrogens (tertiary/aromatic N) is 3. The third-order valence-corrected chi connectivity index (χ3v) is 4.79. The van der Waals surface area contributed by atoms with Crippen LogP contribution in [0, 0.1) is 17.0 Å². The molecule has 9 heteroatoms. The zero-order valence-corrected chi connectivity index (χ0v) is 15.1. The molecule has 0 spiro atoms. The van der Waals surface area contributed by atoms with Crippen LogP contribution in [-0.2, 0) is 11.3 Å². The molecule has 0 unspecified atom stereocenters. The minimum absolute atomic E-state index is 0.165. The maximum atomic E-state index is 12.4. The van der Waals surface area contributed by atoms with Gasteiger partial charge in [-0.25, -0.2) is 0 Å². The van der Waals surface area contributed by atoms with E-state index in [9.17, 15) is 14.9 Å². The number of fused-ring (bicyclic) bond motifs is 1. The van der Waals surface area contributed by atoms with Crippen LogP contribution in [0.15, 0.2) is 39.7 Å². The van der Waals surface area contributed by atoms with Gasteiger partial charge in [-0.05, 0) is 31.5 Å². The Morgan fingerprint density at radius 1 is 1.38 bits per heavy atom. The van der Waals surface area contributed by atoms with Crippen LogP contribution in [0.5, 0.6) is 0 Å². The van der Waals surface area contributed by atoms with E-state index in [0.717, 1.165) is 21.8 Å². The molecular weight excluding hydrogens is 358 g/mol. The second kappa shape index (κ2) is 7.63. The molecule has 3 rings (SSSR count). The van der Waals surface area contributed by atoms with Gasteiger partial charge < -0.3 is 13.7 Å². The maximum absolute atomic E-state index is 12.4. The molecule has 8 nitrogen and oxygen atoms in total. The third kappa shape index (κ3) is 3.58. The number of carbonyl (C=O) groups is 1. The highest BCUT2D eigenvalue weighted by molar-refractivity contribution is 7.16. The van der Waals surface area contributed by atoms with Gasteiger partial charge in [0.05, 0.1) is 22.9 Å². The summed E-state index contributed by atoms with van der Waals surface area (Å²) in [4.78, 5) is 27.0. The van der Waals surface area contributed by atoms with E-state index < -0.39 is 16.7 Å². The first-order valence-corrected chi connectivity index (χ1v) is 8.83. The topological polar surface area (TPSA) is 99.9 Å². The summed E-state index contributed by atoms with van der Waals surface area (Å²) in [6.45, 7) is 5.55. The first kappa shape index (κ1) is 18.0. The number of aryl methyl sites for hydroxylation is 1. The average Bonchev–Trinajstić information content (AvgIpc) is 3.21. The Kier molecular flexibility index (Phi) is 5.29. The Morgan fingerprint density at radius 2 is 2.19 bits per heavy atom. The standard InChI is InChI=1S/C17H17N3O5S/c1-3-24-10-9-19-15-11(2)5-4-6-13(15)26-17(19)18-16(21)12-7-8-14(25-12)20(22)23/h4-8H,3,9-10H2,1-2H3. The van der Waals surface area contributed by atoms with Gasteiger partial charge in [0.2, 0.25) is 5.76 Å². The first-order valence-electron chi connectivity index (χ1n) is 8.01. The molecule has 0 aliphatic heterocycles. The van der Waals surface area contributed by atoms with Crippen molar-refractivity contribution < 1.29 is 18.9 Å². The van der Waals surface area contributed by atoms with Gasteiger partial charge in [0.15, 0.2) is 4.80 Å². The van der Waals surface area contributed by atoms with Crippen LogP contribution in [-0.4, -0.2) is 28.6 Å². The quantitative estimate of drug-likeness (QED) is 0.374. The number of hydrogen-bond acceptors (Lipinski definition) is 6. The fraction of sp³-hybridized carbons (Fsp3) is 0.294. The van der Waals surface area contributed by atoms with E-state index in [1.807, 2.05) is 36.6 Å². The summed E-state index contributed by atoms with van der Waals surface area (Å²) in [7, 11) is 0. The van der Waals surface area contributed by atoms with E-state index in [4.69, 9.17) is 9.15 Å². The highest BCUT2D eigenvalue weighted by Crippen LogP contribution is 2.21. The largest absolute Gasteiger partial charge is 0.433 e. The number of para-hydroxylation sites is 1. The predicted octanol–water partition coefficient (Wildman–Crippen LogP) is 3.29. The van der Waals surface area contributed by atoms with Crippen LogP contribution < -0.4 is 4.80 Å². The molecule has 136 valence electrons. The lowest BCUT2D eigenvalue weighted by Crippen LogP contribution is -2.20. The number of hydrogen-bond donors (Lipinski definition) is 0. The number of furan rings is 1. The van der Waals surface area contributed by atoms with Crippen molar-refractivity contribution in [1.29, 1.82) is 0 Å². The van der Waals surface area contributed by atoms with E-state index >= 15 is 0 Å². The molecule has 0 bridgehead atoms. The highest BCUT2D eigenvalue weighted by Gasteiger charge is 2.17. The monoisotopic (exact) mass is 375 g/mol. The lowest BCUT2D eigenvalue weighted by Gasteiger charge is -2.07. The Bertz CT molecular complexity index is 1030. The minimum Gasteiger partial charge on any atom is -0.395 e.